The van der Waals surface area contributed by atoms with Crippen LogP contribution in [-0.2, 0) is 4.74 Å². The summed E-state index contributed by atoms with van der Waals surface area (Å²) in [6.07, 6.45) is -5.48. The number of aliphatic hydroxyl groups excluding tert-OH is 1. The summed E-state index contributed by atoms with van der Waals surface area (Å²) in [5.74, 6) is 0.636. The number of hydrogen-bond acceptors (Lipinski definition) is 3. The maximum absolute atomic E-state index is 11.8. The monoisotopic (exact) mass is 278 g/mol. The molecule has 0 bridgehead atoms. The topological polar surface area (TPSA) is 38.7 Å². The molecular weight excluding hydrogens is 261 g/mol. The van der Waals surface area contributed by atoms with E-state index in [1.165, 1.54) is 0 Å². The lowest BCUT2D eigenvalue weighted by molar-refractivity contribution is -0.179. The van der Waals surface area contributed by atoms with Gasteiger partial charge in [0.15, 0.2) is 0 Å². The molecule has 1 atom stereocenters. The van der Waals surface area contributed by atoms with Crippen molar-refractivity contribution in [1.82, 2.24) is 0 Å². The summed E-state index contributed by atoms with van der Waals surface area (Å²) in [6, 6.07) is 5.59. The van der Waals surface area contributed by atoms with E-state index in [-0.39, 0.29) is 6.61 Å². The van der Waals surface area contributed by atoms with E-state index in [2.05, 4.69) is 4.74 Å². The number of para-hydroxylation sites is 1. The van der Waals surface area contributed by atoms with Gasteiger partial charge in [-0.1, -0.05) is 18.2 Å². The molecule has 108 valence electrons. The van der Waals surface area contributed by atoms with Crippen LogP contribution in [0.4, 0.5) is 13.2 Å². The molecule has 1 aromatic carbocycles. The Bertz CT molecular complexity index is 384. The number of aryl methyl sites for hydroxylation is 2. The first-order valence-corrected chi connectivity index (χ1v) is 5.81. The van der Waals surface area contributed by atoms with Crippen molar-refractivity contribution in [3.63, 3.8) is 0 Å². The molecule has 1 N–H and O–H groups in total. The van der Waals surface area contributed by atoms with Gasteiger partial charge in [0.05, 0.1) is 6.61 Å². The van der Waals surface area contributed by atoms with Crippen LogP contribution >= 0.6 is 0 Å². The van der Waals surface area contributed by atoms with E-state index in [0.717, 1.165) is 11.1 Å². The highest BCUT2D eigenvalue weighted by molar-refractivity contribution is 5.39. The molecule has 0 aliphatic rings. The van der Waals surface area contributed by atoms with Crippen LogP contribution in [0.15, 0.2) is 18.2 Å². The SMILES string of the molecule is Cc1cccc(C)c1OCC(O)COCC(F)(F)F. The van der Waals surface area contributed by atoms with E-state index in [4.69, 9.17) is 4.74 Å². The van der Waals surface area contributed by atoms with Gasteiger partial charge in [-0.2, -0.15) is 13.2 Å². The number of benzene rings is 1. The van der Waals surface area contributed by atoms with Gasteiger partial charge in [0.2, 0.25) is 0 Å². The molecule has 0 aliphatic heterocycles. The smallest absolute Gasteiger partial charge is 0.411 e. The molecule has 0 spiro atoms. The summed E-state index contributed by atoms with van der Waals surface area (Å²) in [6.45, 7) is 1.82. The molecule has 0 aliphatic carbocycles. The Morgan fingerprint density at radius 3 is 2.26 bits per heavy atom. The zero-order chi connectivity index (χ0) is 14.5. The van der Waals surface area contributed by atoms with E-state index in [1.807, 2.05) is 32.0 Å². The molecule has 0 amide bonds. The van der Waals surface area contributed by atoms with Crippen LogP contribution < -0.4 is 4.74 Å². The average molecular weight is 278 g/mol. The zero-order valence-electron chi connectivity index (χ0n) is 10.8. The molecule has 1 rings (SSSR count). The Balaban J connectivity index is 2.36. The minimum atomic E-state index is -4.38. The molecule has 1 unspecified atom stereocenters. The normalized spacial score (nSPS) is 13.4. The zero-order valence-corrected chi connectivity index (χ0v) is 10.8. The van der Waals surface area contributed by atoms with Crippen molar-refractivity contribution in [2.24, 2.45) is 0 Å². The quantitative estimate of drug-likeness (QED) is 0.869. The van der Waals surface area contributed by atoms with Crippen LogP contribution in [0.3, 0.4) is 0 Å². The Kier molecular flexibility index (Phi) is 5.62. The third-order valence-electron chi connectivity index (χ3n) is 2.40. The maximum Gasteiger partial charge on any atom is 0.411 e. The first kappa shape index (κ1) is 15.8. The lowest BCUT2D eigenvalue weighted by atomic mass is 10.1. The average Bonchev–Trinajstić information content (AvgIpc) is 2.26. The highest BCUT2D eigenvalue weighted by Crippen LogP contribution is 2.22. The Hall–Kier alpha value is -1.27. The van der Waals surface area contributed by atoms with Gasteiger partial charge in [-0.3, -0.25) is 0 Å². The van der Waals surface area contributed by atoms with E-state index in [1.54, 1.807) is 0 Å². The van der Waals surface area contributed by atoms with Crippen molar-refractivity contribution in [2.45, 2.75) is 26.1 Å². The van der Waals surface area contributed by atoms with E-state index >= 15 is 0 Å². The number of rotatable bonds is 6. The number of hydrogen-bond donors (Lipinski definition) is 1. The van der Waals surface area contributed by atoms with Gasteiger partial charge in [-0.25, -0.2) is 0 Å². The van der Waals surface area contributed by atoms with Gasteiger partial charge in [0, 0.05) is 0 Å². The predicted molar refractivity (Wildman–Crippen MR) is 64.3 cm³/mol. The van der Waals surface area contributed by atoms with Crippen molar-refractivity contribution in [3.8, 4) is 5.75 Å². The van der Waals surface area contributed by atoms with Crippen LogP contribution in [-0.4, -0.2) is 37.2 Å². The molecule has 1 aromatic rings. The molecule has 0 heterocycles. The van der Waals surface area contributed by atoms with Crippen molar-refractivity contribution in [1.29, 1.82) is 0 Å². The molecule has 0 radical (unpaired) electrons. The highest BCUT2D eigenvalue weighted by atomic mass is 19.4. The number of aliphatic hydroxyl groups is 1. The van der Waals surface area contributed by atoms with Gasteiger partial charge < -0.3 is 14.6 Å². The summed E-state index contributed by atoms with van der Waals surface area (Å²) in [4.78, 5) is 0. The van der Waals surface area contributed by atoms with Crippen molar-refractivity contribution < 1.29 is 27.8 Å². The standard InChI is InChI=1S/C13H17F3O3/c1-9-4-3-5-10(2)12(9)19-7-11(17)6-18-8-13(14,15)16/h3-5,11,17H,6-8H2,1-2H3. The van der Waals surface area contributed by atoms with Gasteiger partial charge in [-0.05, 0) is 25.0 Å². The minimum absolute atomic E-state index is 0.108. The second-order valence-corrected chi connectivity index (χ2v) is 4.32. The second kappa shape index (κ2) is 6.77. The molecule has 0 fully saturated rings. The molecule has 6 heteroatoms. The second-order valence-electron chi connectivity index (χ2n) is 4.32. The third-order valence-corrected chi connectivity index (χ3v) is 2.40. The lowest BCUT2D eigenvalue weighted by Gasteiger charge is -2.16. The highest BCUT2D eigenvalue weighted by Gasteiger charge is 2.27. The fraction of sp³-hybridized carbons (Fsp3) is 0.538. The van der Waals surface area contributed by atoms with E-state index in [9.17, 15) is 18.3 Å². The number of halogens is 3. The summed E-state index contributed by atoms with van der Waals surface area (Å²) < 4.78 is 45.2. The predicted octanol–water partition coefficient (Wildman–Crippen LogP) is 2.62. The fourth-order valence-corrected chi connectivity index (χ4v) is 1.57. The van der Waals surface area contributed by atoms with Crippen molar-refractivity contribution in [2.75, 3.05) is 19.8 Å². The summed E-state index contributed by atoms with van der Waals surface area (Å²) in [5, 5.41) is 9.47. The molecule has 19 heavy (non-hydrogen) atoms. The van der Waals surface area contributed by atoms with Crippen LogP contribution in [0.5, 0.6) is 5.75 Å². The van der Waals surface area contributed by atoms with Crippen LogP contribution in [0.1, 0.15) is 11.1 Å². The summed E-state index contributed by atoms with van der Waals surface area (Å²) in [7, 11) is 0. The van der Waals surface area contributed by atoms with Crippen LogP contribution in [0.2, 0.25) is 0 Å². The first-order valence-electron chi connectivity index (χ1n) is 5.81. The summed E-state index contributed by atoms with van der Waals surface area (Å²) >= 11 is 0. The first-order chi connectivity index (χ1) is 8.79. The molecule has 0 saturated heterocycles. The van der Waals surface area contributed by atoms with E-state index in [0.29, 0.717) is 5.75 Å². The van der Waals surface area contributed by atoms with Gasteiger partial charge in [0.1, 0.15) is 25.1 Å². The number of alkyl halides is 3. The maximum atomic E-state index is 11.8. The van der Waals surface area contributed by atoms with Crippen LogP contribution in [0, 0.1) is 13.8 Å². The Labute approximate surface area is 110 Å². The van der Waals surface area contributed by atoms with E-state index < -0.39 is 25.5 Å². The molecule has 0 aromatic heterocycles. The fourth-order valence-electron chi connectivity index (χ4n) is 1.57. The molecule has 0 saturated carbocycles. The lowest BCUT2D eigenvalue weighted by Crippen LogP contribution is -2.27. The van der Waals surface area contributed by atoms with Crippen LogP contribution in [0.25, 0.3) is 0 Å². The summed E-state index contributed by atoms with van der Waals surface area (Å²) in [5.41, 5.74) is 1.81. The minimum Gasteiger partial charge on any atom is -0.490 e. The Morgan fingerprint density at radius 2 is 1.74 bits per heavy atom. The van der Waals surface area contributed by atoms with Crippen molar-refractivity contribution >= 4 is 0 Å². The van der Waals surface area contributed by atoms with Crippen molar-refractivity contribution in [3.05, 3.63) is 29.3 Å². The number of ether oxygens (including phenoxy) is 2. The van der Waals surface area contributed by atoms with Gasteiger partial charge in [0.25, 0.3) is 0 Å². The molecular formula is C13H17F3O3. The Morgan fingerprint density at radius 1 is 1.16 bits per heavy atom. The largest absolute Gasteiger partial charge is 0.490 e. The molecule has 3 nitrogen and oxygen atoms in total. The third kappa shape index (κ3) is 5.94. The van der Waals surface area contributed by atoms with Gasteiger partial charge >= 0.3 is 6.18 Å². The van der Waals surface area contributed by atoms with Gasteiger partial charge in [-0.15, -0.1) is 0 Å².